The van der Waals surface area contributed by atoms with Crippen LogP contribution in [-0.2, 0) is 8.62 Å². The minimum atomic E-state index is -1.08. The number of Topliss-reactive ketones (excluding diaryl/α,β-unsaturated/α-hetero) is 1. The lowest BCUT2D eigenvalue weighted by atomic mass is 10.3. The van der Waals surface area contributed by atoms with Gasteiger partial charge in [-0.3, -0.25) is 4.79 Å². The largest absolute Gasteiger partial charge is 0.402 e. The zero-order valence-electron chi connectivity index (χ0n) is 8.34. The van der Waals surface area contributed by atoms with Gasteiger partial charge in [-0.25, -0.2) is 13.8 Å². The maximum absolute atomic E-state index is 13.2. The quantitative estimate of drug-likeness (QED) is 0.633. The summed E-state index contributed by atoms with van der Waals surface area (Å²) >= 11 is 2.65. The third kappa shape index (κ3) is 3.37. The van der Waals surface area contributed by atoms with Gasteiger partial charge in [0.2, 0.25) is 5.90 Å². The second-order valence-electron chi connectivity index (χ2n) is 3.03. The third-order valence-corrected chi connectivity index (χ3v) is 2.04. The van der Waals surface area contributed by atoms with E-state index in [1.165, 1.54) is 19.1 Å². The minimum absolute atomic E-state index is 0.0306. The molecule has 0 radical (unpaired) electrons. The Morgan fingerprint density at radius 3 is 2.75 bits per heavy atom. The van der Waals surface area contributed by atoms with Crippen molar-refractivity contribution in [3.8, 4) is 0 Å². The lowest BCUT2D eigenvalue weighted by Crippen LogP contribution is -2.04. The molecule has 0 atom stereocenters. The molecule has 0 aliphatic heterocycles. The zero-order chi connectivity index (χ0) is 12.1. The molecule has 0 N–H and O–H groups in total. The molecule has 1 rings (SSSR count). The van der Waals surface area contributed by atoms with Crippen LogP contribution in [0.1, 0.15) is 13.3 Å². The number of nitrogens with zero attached hydrogens (tertiary/aromatic N) is 1. The molecule has 0 spiro atoms. The van der Waals surface area contributed by atoms with Crippen LogP contribution in [0.2, 0.25) is 0 Å². The summed E-state index contributed by atoms with van der Waals surface area (Å²) in [6.45, 7) is 1.34. The van der Waals surface area contributed by atoms with E-state index in [4.69, 9.17) is 0 Å². The van der Waals surface area contributed by atoms with Gasteiger partial charge in [0.05, 0.1) is 6.42 Å². The number of hydrogen-bond acceptors (Lipinski definition) is 3. The molecule has 1 aromatic carbocycles. The van der Waals surface area contributed by atoms with Crippen molar-refractivity contribution >= 4 is 33.6 Å². The number of ketones is 1. The average Bonchev–Trinajstić information content (AvgIpc) is 2.23. The van der Waals surface area contributed by atoms with E-state index in [0.29, 0.717) is 0 Å². The summed E-state index contributed by atoms with van der Waals surface area (Å²) in [5, 5.41) is 0. The number of rotatable bonds is 3. The molecule has 6 heteroatoms. The van der Waals surface area contributed by atoms with E-state index in [-0.39, 0.29) is 23.8 Å². The molecule has 0 amide bonds. The van der Waals surface area contributed by atoms with Gasteiger partial charge >= 0.3 is 0 Å². The van der Waals surface area contributed by atoms with Crippen molar-refractivity contribution in [1.29, 1.82) is 0 Å². The van der Waals surface area contributed by atoms with Gasteiger partial charge in [-0.15, -0.1) is 0 Å². The van der Waals surface area contributed by atoms with E-state index in [1.807, 2.05) is 0 Å². The summed E-state index contributed by atoms with van der Waals surface area (Å²) in [7, 11) is 0. The summed E-state index contributed by atoms with van der Waals surface area (Å²) in [5.41, 5.74) is -0.212. The maximum Gasteiger partial charge on any atom is 0.211 e. The fraction of sp³-hybridized carbons (Fsp3) is 0.200. The summed E-state index contributed by atoms with van der Waals surface area (Å²) < 4.78 is 30.6. The molecular formula is C10H8BrF2NO2. The fourth-order valence-corrected chi connectivity index (χ4v) is 1.20. The first-order valence-electron chi connectivity index (χ1n) is 4.34. The van der Waals surface area contributed by atoms with E-state index in [1.54, 1.807) is 0 Å². The van der Waals surface area contributed by atoms with Crippen molar-refractivity contribution in [2.45, 2.75) is 13.3 Å². The van der Waals surface area contributed by atoms with Crippen molar-refractivity contribution in [2.75, 3.05) is 0 Å². The Bertz CT molecular complexity index is 435. The Hall–Kier alpha value is -1.30. The highest BCUT2D eigenvalue weighted by molar-refractivity contribution is 9.06. The molecule has 0 saturated carbocycles. The molecule has 1 aromatic rings. The van der Waals surface area contributed by atoms with Gasteiger partial charge in [-0.05, 0) is 19.1 Å². The van der Waals surface area contributed by atoms with Gasteiger partial charge in [0.15, 0.2) is 27.9 Å². The molecule has 0 fully saturated rings. The molecule has 86 valence electrons. The predicted octanol–water partition coefficient (Wildman–Crippen LogP) is 3.30. The van der Waals surface area contributed by atoms with Crippen LogP contribution < -0.4 is 0 Å². The van der Waals surface area contributed by atoms with E-state index < -0.39 is 11.6 Å². The number of aliphatic imine (C=N–C) groups is 1. The predicted molar refractivity (Wildman–Crippen MR) is 58.8 cm³/mol. The van der Waals surface area contributed by atoms with Crippen LogP contribution in [0, 0.1) is 11.6 Å². The zero-order valence-corrected chi connectivity index (χ0v) is 9.92. The molecule has 0 aliphatic carbocycles. The number of hydrogen-bond donors (Lipinski definition) is 0. The first-order valence-corrected chi connectivity index (χ1v) is 4.99. The number of carbonyl (C=O) groups excluding carboxylic acids is 1. The Kier molecular flexibility index (Phi) is 4.54. The molecule has 0 saturated heterocycles. The van der Waals surface area contributed by atoms with Crippen LogP contribution in [0.3, 0.4) is 0 Å². The molecule has 0 unspecified atom stereocenters. The topological polar surface area (TPSA) is 38.7 Å². The van der Waals surface area contributed by atoms with Gasteiger partial charge < -0.3 is 3.83 Å². The van der Waals surface area contributed by atoms with Crippen molar-refractivity contribution < 1.29 is 17.4 Å². The number of benzene rings is 1. The van der Waals surface area contributed by atoms with Gasteiger partial charge in [-0.2, -0.15) is 0 Å². The maximum atomic E-state index is 13.2. The number of halogens is 3. The molecule has 0 aromatic heterocycles. The molecule has 16 heavy (non-hydrogen) atoms. The molecule has 3 nitrogen and oxygen atoms in total. The van der Waals surface area contributed by atoms with Crippen LogP contribution in [0.4, 0.5) is 14.5 Å². The highest BCUT2D eigenvalue weighted by Gasteiger charge is 2.10. The first-order chi connectivity index (χ1) is 7.54. The highest BCUT2D eigenvalue weighted by atomic mass is 79.9. The standard InChI is InChI=1S/C10H8BrF2NO2/c1-6(15)5-9(16-11)14-8-4-2-3-7(12)10(8)13/h2-4H,5H2,1H3. The highest BCUT2D eigenvalue weighted by Crippen LogP contribution is 2.20. The summed E-state index contributed by atoms with van der Waals surface area (Å²) in [4.78, 5) is 14.5. The first kappa shape index (κ1) is 12.8. The Balaban J connectivity index is 3.04. The second kappa shape index (κ2) is 5.69. The van der Waals surface area contributed by atoms with Crippen molar-refractivity contribution in [3.05, 3.63) is 29.8 Å². The smallest absolute Gasteiger partial charge is 0.211 e. The van der Waals surface area contributed by atoms with Gasteiger partial charge in [0.1, 0.15) is 11.5 Å². The van der Waals surface area contributed by atoms with Gasteiger partial charge in [0, 0.05) is 0 Å². The molecule has 0 heterocycles. The summed E-state index contributed by atoms with van der Waals surface area (Å²) in [5.74, 6) is -2.31. The molecular weight excluding hydrogens is 284 g/mol. The van der Waals surface area contributed by atoms with Crippen molar-refractivity contribution in [2.24, 2.45) is 4.99 Å². The monoisotopic (exact) mass is 291 g/mol. The minimum Gasteiger partial charge on any atom is -0.402 e. The molecule has 0 bridgehead atoms. The van der Waals surface area contributed by atoms with Crippen LogP contribution >= 0.6 is 16.3 Å². The van der Waals surface area contributed by atoms with Gasteiger partial charge in [-0.1, -0.05) is 6.07 Å². The van der Waals surface area contributed by atoms with E-state index >= 15 is 0 Å². The van der Waals surface area contributed by atoms with E-state index in [9.17, 15) is 13.6 Å². The Morgan fingerprint density at radius 1 is 1.50 bits per heavy atom. The summed E-state index contributed by atoms with van der Waals surface area (Å²) in [6.07, 6.45) is -0.0960. The average molecular weight is 292 g/mol. The van der Waals surface area contributed by atoms with Crippen LogP contribution in [0.5, 0.6) is 0 Å². The van der Waals surface area contributed by atoms with Crippen molar-refractivity contribution in [3.63, 3.8) is 0 Å². The molecule has 0 aliphatic rings. The summed E-state index contributed by atoms with van der Waals surface area (Å²) in [6, 6.07) is 3.58. The second-order valence-corrected chi connectivity index (χ2v) is 3.36. The fourth-order valence-electron chi connectivity index (χ4n) is 1.01. The lowest BCUT2D eigenvalue weighted by molar-refractivity contribution is -0.116. The van der Waals surface area contributed by atoms with E-state index in [0.717, 1.165) is 6.07 Å². The Labute approximate surface area is 99.6 Å². The Morgan fingerprint density at radius 2 is 2.19 bits per heavy atom. The lowest BCUT2D eigenvalue weighted by Gasteiger charge is -2.01. The normalized spacial score (nSPS) is 11.4. The van der Waals surface area contributed by atoms with Gasteiger partial charge in [0.25, 0.3) is 0 Å². The third-order valence-electron chi connectivity index (χ3n) is 1.67. The van der Waals surface area contributed by atoms with Crippen LogP contribution in [-0.4, -0.2) is 11.7 Å². The van der Waals surface area contributed by atoms with E-state index in [2.05, 4.69) is 25.1 Å². The van der Waals surface area contributed by atoms with Crippen molar-refractivity contribution in [1.82, 2.24) is 0 Å². The van der Waals surface area contributed by atoms with Crippen LogP contribution in [0.25, 0.3) is 0 Å². The van der Waals surface area contributed by atoms with Crippen LogP contribution in [0.15, 0.2) is 23.2 Å². The SMILES string of the molecule is CC(=O)CC(=Nc1cccc(F)c1F)OBr. The number of carbonyl (C=O) groups is 1.